The van der Waals surface area contributed by atoms with E-state index in [9.17, 15) is 19.2 Å². The molecule has 1 fully saturated rings. The van der Waals surface area contributed by atoms with Crippen LogP contribution in [0.5, 0.6) is 0 Å². The number of nitrogens with two attached hydrogens (primary N) is 1. The van der Waals surface area contributed by atoms with E-state index in [1.54, 1.807) is 82.8 Å². The molecule has 16 nitrogen and oxygen atoms in total. The summed E-state index contributed by atoms with van der Waals surface area (Å²) < 4.78 is 33.6. The van der Waals surface area contributed by atoms with Crippen LogP contribution in [-0.2, 0) is 35.2 Å². The summed E-state index contributed by atoms with van der Waals surface area (Å²) in [6, 6.07) is 6.63. The molecule has 3 N–H and O–H groups in total. The highest BCUT2D eigenvalue weighted by Crippen LogP contribution is 2.30. The third-order valence-electron chi connectivity index (χ3n) is 7.75. The Labute approximate surface area is 300 Å². The van der Waals surface area contributed by atoms with Gasteiger partial charge in [0.2, 0.25) is 5.91 Å². The number of cyclic esters (lactones) is 1. The number of halogens is 1. The highest BCUT2D eigenvalue weighted by molar-refractivity contribution is 5.90. The average Bonchev–Trinajstić information content (AvgIpc) is 3.81. The van der Waals surface area contributed by atoms with E-state index in [1.165, 1.54) is 28.3 Å². The summed E-state index contributed by atoms with van der Waals surface area (Å²) in [5.41, 5.74) is 8.47. The first-order valence-corrected chi connectivity index (χ1v) is 16.7. The number of carbonyl (C=O) groups excluding carboxylic acids is 4. The lowest BCUT2D eigenvalue weighted by molar-refractivity contribution is -0.162. The van der Waals surface area contributed by atoms with Crippen molar-refractivity contribution in [2.45, 2.75) is 90.4 Å². The van der Waals surface area contributed by atoms with E-state index in [1.807, 2.05) is 0 Å². The molecule has 0 radical (unpaired) electrons. The van der Waals surface area contributed by atoms with E-state index in [-0.39, 0.29) is 31.5 Å². The van der Waals surface area contributed by atoms with Crippen molar-refractivity contribution in [1.82, 2.24) is 30.4 Å². The SMILES string of the molecule is CC(C)(C)OC(=O)[C@H](CCC(N)=O)N(C[C@@H]1C=C(c2ccc(-c3ccc(N4C[C@H](Cn5ccnn5)OC4=O)cc3F)cn2)NO1)C(=O)OC(C)(C)C. The normalized spacial score (nSPS) is 17.9. The molecule has 2 aromatic heterocycles. The fourth-order valence-corrected chi connectivity index (χ4v) is 5.50. The molecule has 0 spiro atoms. The maximum absolute atomic E-state index is 15.4. The lowest BCUT2D eigenvalue weighted by atomic mass is 10.1. The molecule has 0 aliphatic carbocycles. The first-order chi connectivity index (χ1) is 24.5. The predicted octanol–water partition coefficient (Wildman–Crippen LogP) is 3.96. The van der Waals surface area contributed by atoms with Gasteiger partial charge in [0.25, 0.3) is 0 Å². The highest BCUT2D eigenvalue weighted by Gasteiger charge is 2.38. The standard InChI is InChI=1S/C35H43FN8O8/c1-34(2,3)50-31(46)29(11-12-30(37)45)44(33(48)51-35(4,5)6)19-23-16-28(40-52-23)27-10-7-21(17-38-27)25-9-8-22(15-26(25)36)43-20-24(49-32(43)47)18-42-14-13-39-41-42/h7-10,13-17,23-24,29,40H,11-12,18-20H2,1-6H3,(H2,37,45)/t23-,24-,29-/m0/s1. The van der Waals surface area contributed by atoms with Crippen LogP contribution in [0, 0.1) is 5.82 Å². The van der Waals surface area contributed by atoms with Crippen LogP contribution >= 0.6 is 0 Å². The fourth-order valence-electron chi connectivity index (χ4n) is 5.50. The second kappa shape index (κ2) is 15.3. The molecular formula is C35H43FN8O8. The zero-order valence-corrected chi connectivity index (χ0v) is 29.9. The van der Waals surface area contributed by atoms with Crippen LogP contribution in [0.15, 0.2) is 55.0 Å². The first-order valence-electron chi connectivity index (χ1n) is 16.7. The number of amides is 3. The van der Waals surface area contributed by atoms with Crippen LogP contribution in [0.25, 0.3) is 16.8 Å². The van der Waals surface area contributed by atoms with Crippen LogP contribution in [0.2, 0.25) is 0 Å². The molecule has 52 heavy (non-hydrogen) atoms. The molecule has 2 aliphatic heterocycles. The number of nitrogens with one attached hydrogen (secondary N) is 1. The number of primary amides is 1. The third kappa shape index (κ3) is 9.80. The van der Waals surface area contributed by atoms with Gasteiger partial charge in [0.05, 0.1) is 42.9 Å². The number of hydrogen-bond donors (Lipinski definition) is 2. The van der Waals surface area contributed by atoms with Crippen molar-refractivity contribution in [2.24, 2.45) is 5.73 Å². The van der Waals surface area contributed by atoms with Gasteiger partial charge in [-0.15, -0.1) is 5.10 Å². The number of hydrogen-bond acceptors (Lipinski definition) is 12. The van der Waals surface area contributed by atoms with Crippen LogP contribution in [-0.4, -0.2) is 91.5 Å². The molecule has 0 unspecified atom stereocenters. The van der Waals surface area contributed by atoms with Crippen molar-refractivity contribution in [2.75, 3.05) is 18.0 Å². The van der Waals surface area contributed by atoms with Gasteiger partial charge in [0.1, 0.15) is 35.3 Å². The summed E-state index contributed by atoms with van der Waals surface area (Å²) in [5.74, 6) is -1.92. The number of esters is 1. The highest BCUT2D eigenvalue weighted by atomic mass is 19.1. The average molecular weight is 723 g/mol. The van der Waals surface area contributed by atoms with Gasteiger partial charge in [-0.2, -0.15) is 0 Å². The van der Waals surface area contributed by atoms with Gasteiger partial charge in [-0.25, -0.2) is 23.5 Å². The number of hydroxylamine groups is 1. The molecule has 1 aromatic carbocycles. The second-order valence-corrected chi connectivity index (χ2v) is 14.4. The van der Waals surface area contributed by atoms with Gasteiger partial charge in [-0.1, -0.05) is 11.3 Å². The minimum atomic E-state index is -1.20. The molecule has 4 heterocycles. The van der Waals surface area contributed by atoms with E-state index >= 15 is 4.39 Å². The van der Waals surface area contributed by atoms with Crippen LogP contribution in [0.3, 0.4) is 0 Å². The first kappa shape index (κ1) is 37.7. The van der Waals surface area contributed by atoms with E-state index < -0.39 is 59.3 Å². The molecule has 0 bridgehead atoms. The number of aromatic nitrogens is 4. The Bertz CT molecular complexity index is 1800. The number of nitrogens with zero attached hydrogens (tertiary/aromatic N) is 6. The minimum Gasteiger partial charge on any atom is -0.458 e. The predicted molar refractivity (Wildman–Crippen MR) is 184 cm³/mol. The summed E-state index contributed by atoms with van der Waals surface area (Å²) >= 11 is 0. The summed E-state index contributed by atoms with van der Waals surface area (Å²) in [6.45, 7) is 10.6. The van der Waals surface area contributed by atoms with E-state index in [2.05, 4.69) is 20.8 Å². The maximum Gasteiger partial charge on any atom is 0.414 e. The van der Waals surface area contributed by atoms with Gasteiger partial charge < -0.3 is 19.9 Å². The Kier molecular flexibility index (Phi) is 11.1. The molecule has 0 saturated carbocycles. The fraction of sp³-hybridized carbons (Fsp3) is 0.457. The smallest absolute Gasteiger partial charge is 0.414 e. The summed E-state index contributed by atoms with van der Waals surface area (Å²) in [6.07, 6.45) is 3.48. The van der Waals surface area contributed by atoms with Crippen LogP contribution in [0.1, 0.15) is 60.1 Å². The molecular weight excluding hydrogens is 679 g/mol. The Hall–Kier alpha value is -5.58. The number of rotatable bonds is 12. The number of pyridine rings is 1. The van der Waals surface area contributed by atoms with Crippen molar-refractivity contribution in [3.63, 3.8) is 0 Å². The minimum absolute atomic E-state index is 0.0899. The molecule has 2 aliphatic rings. The molecule has 5 rings (SSSR count). The number of carbonyl (C=O) groups is 4. The molecule has 1 saturated heterocycles. The van der Waals surface area contributed by atoms with Crippen molar-refractivity contribution in [3.8, 4) is 11.1 Å². The topological polar surface area (TPSA) is 193 Å². The Morgan fingerprint density at radius 1 is 1.12 bits per heavy atom. The quantitative estimate of drug-likeness (QED) is 0.202. The lowest BCUT2D eigenvalue weighted by Crippen LogP contribution is -2.52. The van der Waals surface area contributed by atoms with E-state index in [0.29, 0.717) is 29.2 Å². The van der Waals surface area contributed by atoms with Crippen LogP contribution in [0.4, 0.5) is 19.7 Å². The van der Waals surface area contributed by atoms with Gasteiger partial charge in [0.15, 0.2) is 0 Å². The summed E-state index contributed by atoms with van der Waals surface area (Å²) in [7, 11) is 0. The lowest BCUT2D eigenvalue weighted by Gasteiger charge is -2.34. The molecule has 3 aromatic rings. The molecule has 278 valence electrons. The van der Waals surface area contributed by atoms with Gasteiger partial charge in [0, 0.05) is 29.9 Å². The Balaban J connectivity index is 1.29. The monoisotopic (exact) mass is 722 g/mol. The zero-order chi connectivity index (χ0) is 37.8. The summed E-state index contributed by atoms with van der Waals surface area (Å²) in [4.78, 5) is 63.7. The number of anilines is 1. The van der Waals surface area contributed by atoms with Crippen molar-refractivity contribution < 1.29 is 42.6 Å². The van der Waals surface area contributed by atoms with Gasteiger partial charge in [-0.3, -0.25) is 29.9 Å². The van der Waals surface area contributed by atoms with Crippen molar-refractivity contribution >= 4 is 35.4 Å². The van der Waals surface area contributed by atoms with E-state index in [4.69, 9.17) is 24.8 Å². The largest absolute Gasteiger partial charge is 0.458 e. The molecule has 17 heteroatoms. The summed E-state index contributed by atoms with van der Waals surface area (Å²) in [5, 5.41) is 7.63. The molecule has 3 atom stereocenters. The Morgan fingerprint density at radius 2 is 1.87 bits per heavy atom. The van der Waals surface area contributed by atoms with Gasteiger partial charge >= 0.3 is 18.2 Å². The van der Waals surface area contributed by atoms with E-state index in [0.717, 1.165) is 0 Å². The van der Waals surface area contributed by atoms with Crippen molar-refractivity contribution in [1.29, 1.82) is 0 Å². The maximum atomic E-state index is 15.4. The Morgan fingerprint density at radius 3 is 2.48 bits per heavy atom. The van der Waals surface area contributed by atoms with Crippen molar-refractivity contribution in [3.05, 3.63) is 66.5 Å². The second-order valence-electron chi connectivity index (χ2n) is 14.4. The number of ether oxygens (including phenoxy) is 3. The van der Waals surface area contributed by atoms with Crippen LogP contribution < -0.4 is 16.1 Å². The molecule has 3 amide bonds. The zero-order valence-electron chi connectivity index (χ0n) is 29.9. The third-order valence-corrected chi connectivity index (χ3v) is 7.75. The van der Waals surface area contributed by atoms with Gasteiger partial charge in [-0.05, 0) is 78.3 Å². The number of benzene rings is 1.